The zero-order chi connectivity index (χ0) is 15.5. The van der Waals surface area contributed by atoms with Gasteiger partial charge in [0.25, 0.3) is 0 Å². The lowest BCUT2D eigenvalue weighted by atomic mass is 10.1. The summed E-state index contributed by atoms with van der Waals surface area (Å²) >= 11 is 5.68. The molecule has 3 nitrogen and oxygen atoms in total. The molecule has 2 aromatic rings. The van der Waals surface area contributed by atoms with Crippen LogP contribution in [0.15, 0.2) is 64.9 Å². The van der Waals surface area contributed by atoms with Crippen molar-refractivity contribution in [3.05, 3.63) is 76.4 Å². The van der Waals surface area contributed by atoms with Crippen molar-refractivity contribution in [3.63, 3.8) is 0 Å². The number of halogens is 2. The Kier molecular flexibility index (Phi) is 4.55. The molecule has 0 saturated heterocycles. The highest BCUT2D eigenvalue weighted by atomic mass is 35.5. The first-order chi connectivity index (χ1) is 9.88. The van der Waals surface area contributed by atoms with Gasteiger partial charge in [0.1, 0.15) is 5.82 Å². The summed E-state index contributed by atoms with van der Waals surface area (Å²) < 4.78 is 36.7. The molecule has 0 saturated carbocycles. The second-order valence-corrected chi connectivity index (χ2v) is 6.44. The lowest BCUT2D eigenvalue weighted by Crippen LogP contribution is -1.99. The molecule has 0 aromatic heterocycles. The molecule has 21 heavy (non-hydrogen) atoms. The maximum atomic E-state index is 12.7. The molecule has 0 bridgehead atoms. The van der Waals surface area contributed by atoms with Crippen LogP contribution >= 0.6 is 11.6 Å². The lowest BCUT2D eigenvalue weighted by Gasteiger charge is -1.99. The van der Waals surface area contributed by atoms with E-state index in [4.69, 9.17) is 11.6 Å². The van der Waals surface area contributed by atoms with Crippen molar-refractivity contribution < 1.29 is 17.6 Å². The van der Waals surface area contributed by atoms with E-state index in [2.05, 4.69) is 0 Å². The van der Waals surface area contributed by atoms with Gasteiger partial charge in [0.15, 0.2) is 15.6 Å². The molecule has 2 rings (SSSR count). The fourth-order valence-corrected chi connectivity index (χ4v) is 2.67. The summed E-state index contributed by atoms with van der Waals surface area (Å²) in [6.45, 7) is 0. The van der Waals surface area contributed by atoms with Crippen LogP contribution in [0.1, 0.15) is 10.4 Å². The van der Waals surface area contributed by atoms with Crippen LogP contribution in [-0.4, -0.2) is 14.2 Å². The molecule has 0 fully saturated rings. The van der Waals surface area contributed by atoms with Gasteiger partial charge >= 0.3 is 0 Å². The molecule has 0 heterocycles. The molecule has 0 atom stereocenters. The normalized spacial score (nSPS) is 11.7. The maximum Gasteiger partial charge on any atom is 0.199 e. The molecule has 108 valence electrons. The van der Waals surface area contributed by atoms with Crippen LogP contribution in [0.3, 0.4) is 0 Å². The number of hydrogen-bond acceptors (Lipinski definition) is 3. The summed E-state index contributed by atoms with van der Waals surface area (Å²) in [4.78, 5) is 11.8. The van der Waals surface area contributed by atoms with Crippen LogP contribution in [0.4, 0.5) is 4.39 Å². The third-order valence-corrected chi connectivity index (χ3v) is 4.35. The summed E-state index contributed by atoms with van der Waals surface area (Å²) in [6, 6.07) is 10.4. The minimum atomic E-state index is -3.72. The molecule has 0 unspecified atom stereocenters. The molecular weight excluding hydrogens is 315 g/mol. The van der Waals surface area contributed by atoms with E-state index in [9.17, 15) is 17.6 Å². The van der Waals surface area contributed by atoms with Crippen LogP contribution in [0, 0.1) is 5.82 Å². The molecule has 0 aliphatic heterocycles. The Hall–Kier alpha value is -1.98. The standard InChI is InChI=1S/C15H10ClFO3S/c16-12-3-7-14(8-4-12)21(19,20)10-9-15(18)11-1-5-13(17)6-2-11/h1-10H/b10-9+. The zero-order valence-corrected chi connectivity index (χ0v) is 12.2. The van der Waals surface area contributed by atoms with Gasteiger partial charge in [0, 0.05) is 16.0 Å². The average Bonchev–Trinajstić information content (AvgIpc) is 2.46. The first kappa shape index (κ1) is 15.4. The van der Waals surface area contributed by atoms with Crippen molar-refractivity contribution in [2.75, 3.05) is 0 Å². The van der Waals surface area contributed by atoms with E-state index < -0.39 is 21.4 Å². The monoisotopic (exact) mass is 324 g/mol. The van der Waals surface area contributed by atoms with E-state index in [1.54, 1.807) is 0 Å². The number of carbonyl (C=O) groups is 1. The van der Waals surface area contributed by atoms with Crippen molar-refractivity contribution in [1.82, 2.24) is 0 Å². The van der Waals surface area contributed by atoms with Crippen molar-refractivity contribution >= 4 is 27.2 Å². The van der Waals surface area contributed by atoms with Gasteiger partial charge < -0.3 is 0 Å². The first-order valence-electron chi connectivity index (χ1n) is 5.87. The smallest absolute Gasteiger partial charge is 0.199 e. The van der Waals surface area contributed by atoms with E-state index in [-0.39, 0.29) is 10.5 Å². The number of allylic oxidation sites excluding steroid dienone is 1. The Labute approximate surface area is 126 Å². The van der Waals surface area contributed by atoms with E-state index >= 15 is 0 Å². The van der Waals surface area contributed by atoms with E-state index in [1.807, 2.05) is 0 Å². The van der Waals surface area contributed by atoms with Crippen LogP contribution in [0.2, 0.25) is 5.02 Å². The Morgan fingerprint density at radius 1 is 1.00 bits per heavy atom. The Balaban J connectivity index is 2.21. The summed E-state index contributed by atoms with van der Waals surface area (Å²) in [5.74, 6) is -0.989. The Morgan fingerprint density at radius 3 is 2.14 bits per heavy atom. The largest absolute Gasteiger partial charge is 0.289 e. The number of benzene rings is 2. The molecule has 0 aliphatic rings. The third kappa shape index (κ3) is 4.00. The van der Waals surface area contributed by atoms with Gasteiger partial charge in [-0.2, -0.15) is 0 Å². The molecule has 0 aliphatic carbocycles. The van der Waals surface area contributed by atoms with E-state index in [1.165, 1.54) is 36.4 Å². The second kappa shape index (κ2) is 6.20. The van der Waals surface area contributed by atoms with Gasteiger partial charge in [0.2, 0.25) is 0 Å². The van der Waals surface area contributed by atoms with Gasteiger partial charge in [-0.25, -0.2) is 12.8 Å². The predicted octanol–water partition coefficient (Wildman–Crippen LogP) is 3.65. The number of sulfone groups is 1. The Bertz CT molecular complexity index is 779. The Morgan fingerprint density at radius 2 is 1.57 bits per heavy atom. The van der Waals surface area contributed by atoms with Gasteiger partial charge in [-0.1, -0.05) is 11.6 Å². The number of rotatable bonds is 4. The van der Waals surface area contributed by atoms with Crippen LogP contribution in [0.5, 0.6) is 0 Å². The maximum absolute atomic E-state index is 12.7. The van der Waals surface area contributed by atoms with E-state index in [0.29, 0.717) is 5.02 Å². The number of hydrogen-bond donors (Lipinski definition) is 0. The predicted molar refractivity (Wildman–Crippen MR) is 78.5 cm³/mol. The van der Waals surface area contributed by atoms with Crippen molar-refractivity contribution in [2.45, 2.75) is 4.90 Å². The molecule has 0 spiro atoms. The van der Waals surface area contributed by atoms with E-state index in [0.717, 1.165) is 23.6 Å². The molecule has 0 radical (unpaired) electrons. The summed E-state index contributed by atoms with van der Waals surface area (Å²) in [7, 11) is -3.72. The third-order valence-electron chi connectivity index (χ3n) is 2.67. The minimum absolute atomic E-state index is 0.0371. The molecule has 2 aromatic carbocycles. The van der Waals surface area contributed by atoms with Crippen molar-refractivity contribution in [2.24, 2.45) is 0 Å². The van der Waals surface area contributed by atoms with Gasteiger partial charge in [-0.05, 0) is 54.6 Å². The molecule has 0 N–H and O–H groups in total. The zero-order valence-electron chi connectivity index (χ0n) is 10.7. The SMILES string of the molecule is O=C(/C=C/S(=O)(=O)c1ccc(Cl)cc1)c1ccc(F)cc1. The van der Waals surface area contributed by atoms with Crippen LogP contribution in [0.25, 0.3) is 0 Å². The lowest BCUT2D eigenvalue weighted by molar-refractivity contribution is 0.104. The van der Waals surface area contributed by atoms with Crippen LogP contribution < -0.4 is 0 Å². The highest BCUT2D eigenvalue weighted by Gasteiger charge is 2.11. The van der Waals surface area contributed by atoms with Gasteiger partial charge in [-0.3, -0.25) is 4.79 Å². The summed E-state index contributed by atoms with van der Waals surface area (Å²) in [5.41, 5.74) is 0.207. The highest BCUT2D eigenvalue weighted by Crippen LogP contribution is 2.16. The number of carbonyl (C=O) groups excluding carboxylic acids is 1. The fraction of sp³-hybridized carbons (Fsp3) is 0. The fourth-order valence-electron chi connectivity index (χ4n) is 1.56. The van der Waals surface area contributed by atoms with Crippen LogP contribution in [-0.2, 0) is 9.84 Å². The average molecular weight is 325 g/mol. The number of ketones is 1. The molecule has 6 heteroatoms. The van der Waals surface area contributed by atoms with Gasteiger partial charge in [-0.15, -0.1) is 0 Å². The molecular formula is C15H10ClFO3S. The highest BCUT2D eigenvalue weighted by molar-refractivity contribution is 7.94. The van der Waals surface area contributed by atoms with Crippen molar-refractivity contribution in [1.29, 1.82) is 0 Å². The second-order valence-electron chi connectivity index (χ2n) is 4.17. The first-order valence-corrected chi connectivity index (χ1v) is 7.79. The summed E-state index contributed by atoms with van der Waals surface area (Å²) in [5, 5.41) is 1.24. The quantitative estimate of drug-likeness (QED) is 0.637. The minimum Gasteiger partial charge on any atom is -0.289 e. The molecule has 0 amide bonds. The van der Waals surface area contributed by atoms with Crippen molar-refractivity contribution in [3.8, 4) is 0 Å². The van der Waals surface area contributed by atoms with Gasteiger partial charge in [0.05, 0.1) is 4.90 Å². The topological polar surface area (TPSA) is 51.2 Å². The summed E-state index contributed by atoms with van der Waals surface area (Å²) in [6.07, 6.45) is 0.942.